The van der Waals surface area contributed by atoms with Crippen molar-refractivity contribution in [3.8, 4) is 17.1 Å². The number of para-hydroxylation sites is 2. The van der Waals surface area contributed by atoms with Crippen LogP contribution in [-0.2, 0) is 13.1 Å². The molecule has 4 rings (SSSR count). The van der Waals surface area contributed by atoms with Crippen LogP contribution in [0.3, 0.4) is 0 Å². The molecule has 198 valence electrons. The second-order valence-electron chi connectivity index (χ2n) is 7.81. The van der Waals surface area contributed by atoms with Crippen LogP contribution in [0.5, 0.6) is 0 Å². The average molecular weight is 553 g/mol. The number of hydrogen-bond donors (Lipinski definition) is 2. The van der Waals surface area contributed by atoms with E-state index in [0.29, 0.717) is 9.59 Å². The standard InChI is InChI=1S/C21H16ClF3N8O5/c22-12-7-5-11(6-8-12)18-29-31(20(36)30(18)9-15(34)21(23,24)25)10-16-27-19(17(26)35)32(28-16)13-3-1-2-4-14(13)33(37)38/h1-8,15,34H,9-10H2,(H2,26,35)/t15-/m0/s1. The lowest BCUT2D eigenvalue weighted by molar-refractivity contribution is -0.384. The first-order valence-corrected chi connectivity index (χ1v) is 10.9. The molecule has 38 heavy (non-hydrogen) atoms. The molecule has 13 nitrogen and oxygen atoms in total. The van der Waals surface area contributed by atoms with Gasteiger partial charge in [0.25, 0.3) is 11.6 Å². The number of hydrogen-bond acceptors (Lipinski definition) is 8. The summed E-state index contributed by atoms with van der Waals surface area (Å²) in [5.74, 6) is -2.05. The summed E-state index contributed by atoms with van der Waals surface area (Å²) >= 11 is 5.87. The van der Waals surface area contributed by atoms with Crippen molar-refractivity contribution in [2.45, 2.75) is 25.4 Å². The van der Waals surface area contributed by atoms with Gasteiger partial charge in [0.1, 0.15) is 12.2 Å². The normalized spacial score (nSPS) is 12.4. The number of aliphatic hydroxyl groups excluding tert-OH is 1. The average Bonchev–Trinajstić information content (AvgIpc) is 3.41. The van der Waals surface area contributed by atoms with E-state index in [1.165, 1.54) is 42.5 Å². The van der Waals surface area contributed by atoms with E-state index in [1.54, 1.807) is 0 Å². The third-order valence-electron chi connectivity index (χ3n) is 5.23. The molecule has 0 aliphatic rings. The highest BCUT2D eigenvalue weighted by atomic mass is 35.5. The molecule has 1 amide bonds. The molecule has 4 aromatic rings. The van der Waals surface area contributed by atoms with E-state index in [4.69, 9.17) is 17.3 Å². The number of nitrogens with two attached hydrogens (primary N) is 1. The van der Waals surface area contributed by atoms with E-state index >= 15 is 0 Å². The molecule has 0 saturated carbocycles. The maximum Gasteiger partial charge on any atom is 0.416 e. The number of carbonyl (C=O) groups is 1. The highest BCUT2D eigenvalue weighted by molar-refractivity contribution is 6.30. The largest absolute Gasteiger partial charge is 0.416 e. The maximum absolute atomic E-state index is 13.1. The number of aliphatic hydroxyl groups is 1. The Kier molecular flexibility index (Phi) is 7.01. The number of rotatable bonds is 8. The summed E-state index contributed by atoms with van der Waals surface area (Å²) in [5.41, 5.74) is 3.97. The van der Waals surface area contributed by atoms with Gasteiger partial charge in [-0.3, -0.25) is 19.5 Å². The summed E-state index contributed by atoms with van der Waals surface area (Å²) in [5, 5.41) is 29.5. The molecule has 3 N–H and O–H groups in total. The van der Waals surface area contributed by atoms with Crippen LogP contribution < -0.4 is 11.4 Å². The molecule has 0 aliphatic carbocycles. The lowest BCUT2D eigenvalue weighted by Gasteiger charge is -2.15. The molecular formula is C21H16ClF3N8O5. The molecule has 0 unspecified atom stereocenters. The van der Waals surface area contributed by atoms with Gasteiger partial charge in [-0.1, -0.05) is 23.7 Å². The van der Waals surface area contributed by atoms with Gasteiger partial charge in [0.15, 0.2) is 17.8 Å². The van der Waals surface area contributed by atoms with Crippen LogP contribution in [0.25, 0.3) is 17.1 Å². The number of alkyl halides is 3. The van der Waals surface area contributed by atoms with Crippen molar-refractivity contribution in [3.05, 3.63) is 85.8 Å². The fourth-order valence-electron chi connectivity index (χ4n) is 3.48. The van der Waals surface area contributed by atoms with Gasteiger partial charge in [0.05, 0.1) is 11.5 Å². The van der Waals surface area contributed by atoms with Crippen molar-refractivity contribution in [1.82, 2.24) is 29.1 Å². The summed E-state index contributed by atoms with van der Waals surface area (Å²) in [6.07, 6.45) is -7.89. The van der Waals surface area contributed by atoms with E-state index in [-0.39, 0.29) is 22.9 Å². The van der Waals surface area contributed by atoms with E-state index < -0.39 is 53.4 Å². The summed E-state index contributed by atoms with van der Waals surface area (Å²) in [6, 6.07) is 11.0. The lowest BCUT2D eigenvalue weighted by atomic mass is 10.2. The van der Waals surface area contributed by atoms with Gasteiger partial charge in [0.2, 0.25) is 5.82 Å². The number of nitrogens with zero attached hydrogens (tertiary/aromatic N) is 7. The van der Waals surface area contributed by atoms with Crippen LogP contribution >= 0.6 is 11.6 Å². The summed E-state index contributed by atoms with van der Waals surface area (Å²) in [6.45, 7) is -1.71. The fourth-order valence-corrected chi connectivity index (χ4v) is 3.60. The zero-order chi connectivity index (χ0) is 27.8. The van der Waals surface area contributed by atoms with Crippen molar-refractivity contribution in [2.75, 3.05) is 0 Å². The zero-order valence-corrected chi connectivity index (χ0v) is 19.7. The van der Waals surface area contributed by atoms with E-state index in [2.05, 4.69) is 15.2 Å². The van der Waals surface area contributed by atoms with Gasteiger partial charge in [0, 0.05) is 16.7 Å². The third kappa shape index (κ3) is 5.25. The molecule has 0 fully saturated rings. The first kappa shape index (κ1) is 26.5. The number of aromatic nitrogens is 6. The van der Waals surface area contributed by atoms with Gasteiger partial charge >= 0.3 is 11.9 Å². The Morgan fingerprint density at radius 2 is 1.82 bits per heavy atom. The van der Waals surface area contributed by atoms with Crippen LogP contribution in [0.4, 0.5) is 18.9 Å². The highest BCUT2D eigenvalue weighted by Crippen LogP contribution is 2.25. The number of halogens is 4. The van der Waals surface area contributed by atoms with E-state index in [9.17, 15) is 38.0 Å². The quantitative estimate of drug-likeness (QED) is 0.246. The van der Waals surface area contributed by atoms with Crippen molar-refractivity contribution in [1.29, 1.82) is 0 Å². The monoisotopic (exact) mass is 552 g/mol. The predicted molar refractivity (Wildman–Crippen MR) is 125 cm³/mol. The Hall–Kier alpha value is -4.57. The molecule has 2 aromatic heterocycles. The number of nitro groups is 1. The molecule has 2 heterocycles. The van der Waals surface area contributed by atoms with Gasteiger partial charge in [-0.15, -0.1) is 10.2 Å². The number of primary amides is 1. The minimum atomic E-state index is -5.01. The van der Waals surface area contributed by atoms with E-state index in [0.717, 1.165) is 15.4 Å². The van der Waals surface area contributed by atoms with E-state index in [1.807, 2.05) is 0 Å². The molecule has 0 saturated heterocycles. The smallest absolute Gasteiger partial charge is 0.382 e. The van der Waals surface area contributed by atoms with Crippen LogP contribution in [0, 0.1) is 10.1 Å². The van der Waals surface area contributed by atoms with Crippen molar-refractivity contribution < 1.29 is 28.0 Å². The molecule has 1 atom stereocenters. The number of nitro benzene ring substituents is 1. The first-order chi connectivity index (χ1) is 17.9. The summed E-state index contributed by atoms with van der Waals surface area (Å²) in [7, 11) is 0. The molecular weight excluding hydrogens is 537 g/mol. The van der Waals surface area contributed by atoms with Crippen molar-refractivity contribution in [3.63, 3.8) is 0 Å². The van der Waals surface area contributed by atoms with Crippen molar-refractivity contribution in [2.24, 2.45) is 5.73 Å². The number of carbonyl (C=O) groups excluding carboxylic acids is 1. The number of amides is 1. The molecule has 0 bridgehead atoms. The lowest BCUT2D eigenvalue weighted by Crippen LogP contribution is -2.37. The van der Waals surface area contributed by atoms with Gasteiger partial charge in [-0.05, 0) is 30.3 Å². The zero-order valence-electron chi connectivity index (χ0n) is 18.9. The maximum atomic E-state index is 13.1. The highest BCUT2D eigenvalue weighted by Gasteiger charge is 2.39. The summed E-state index contributed by atoms with van der Waals surface area (Å²) < 4.78 is 41.3. The molecule has 0 spiro atoms. The van der Waals surface area contributed by atoms with Crippen LogP contribution in [0.1, 0.15) is 16.4 Å². The number of benzene rings is 2. The fraction of sp³-hybridized carbons (Fsp3) is 0.190. The Balaban J connectivity index is 1.80. The van der Waals surface area contributed by atoms with Crippen LogP contribution in [0.2, 0.25) is 5.02 Å². The Morgan fingerprint density at radius 1 is 1.16 bits per heavy atom. The Labute approximate surface area is 214 Å². The van der Waals surface area contributed by atoms with Gasteiger partial charge in [-0.25, -0.2) is 19.1 Å². The minimum absolute atomic E-state index is 0.141. The predicted octanol–water partition coefficient (Wildman–Crippen LogP) is 1.92. The Morgan fingerprint density at radius 3 is 2.42 bits per heavy atom. The first-order valence-electron chi connectivity index (χ1n) is 10.5. The molecule has 0 aliphatic heterocycles. The molecule has 2 aromatic carbocycles. The SMILES string of the molecule is NC(=O)c1nc(Cn2nc(-c3ccc(Cl)cc3)n(C[C@H](O)C(F)(F)F)c2=O)nn1-c1ccccc1[N+](=O)[O-]. The third-order valence-corrected chi connectivity index (χ3v) is 5.48. The van der Waals surface area contributed by atoms with Crippen LogP contribution in [0.15, 0.2) is 53.3 Å². The molecule has 17 heteroatoms. The molecule has 0 radical (unpaired) electrons. The van der Waals surface area contributed by atoms with Gasteiger partial charge < -0.3 is 10.8 Å². The topological polar surface area (TPSA) is 177 Å². The minimum Gasteiger partial charge on any atom is -0.382 e. The van der Waals surface area contributed by atoms with Gasteiger partial charge in [-0.2, -0.15) is 13.2 Å². The van der Waals surface area contributed by atoms with Crippen LogP contribution in [-0.4, -0.2) is 57.3 Å². The second kappa shape index (κ2) is 10.1. The van der Waals surface area contributed by atoms with Crippen molar-refractivity contribution >= 4 is 23.2 Å². The Bertz CT molecular complexity index is 1580. The summed E-state index contributed by atoms with van der Waals surface area (Å²) in [4.78, 5) is 39.7. The second-order valence-corrected chi connectivity index (χ2v) is 8.25.